The first-order valence-corrected chi connectivity index (χ1v) is 8.94. The number of fused-ring (bicyclic) bond motifs is 1. The Bertz CT molecular complexity index is 896. The van der Waals surface area contributed by atoms with E-state index in [9.17, 15) is 4.79 Å². The number of methoxy groups -OCH3 is 1. The zero-order chi connectivity index (χ0) is 18.9. The van der Waals surface area contributed by atoms with Crippen molar-refractivity contribution in [1.29, 1.82) is 0 Å². The summed E-state index contributed by atoms with van der Waals surface area (Å²) in [7, 11) is 1.34. The van der Waals surface area contributed by atoms with Gasteiger partial charge in [0, 0.05) is 17.3 Å². The van der Waals surface area contributed by atoms with Gasteiger partial charge < -0.3 is 4.74 Å². The normalized spacial score (nSPS) is 16.8. The van der Waals surface area contributed by atoms with Crippen molar-refractivity contribution in [2.24, 2.45) is 0 Å². The Kier molecular flexibility index (Phi) is 4.63. The lowest BCUT2D eigenvalue weighted by atomic mass is 9.63. The molecule has 3 rings (SSSR count). The molecule has 0 fully saturated rings. The van der Waals surface area contributed by atoms with Gasteiger partial charge in [0.15, 0.2) is 0 Å². The minimum Gasteiger partial charge on any atom is -0.464 e. The van der Waals surface area contributed by atoms with E-state index < -0.39 is 5.97 Å². The maximum atomic E-state index is 11.4. The van der Waals surface area contributed by atoms with Crippen molar-refractivity contribution in [3.8, 4) is 11.8 Å². The Morgan fingerprint density at radius 3 is 2.19 bits per heavy atom. The van der Waals surface area contributed by atoms with Gasteiger partial charge in [-0.05, 0) is 59.1 Å². The quantitative estimate of drug-likeness (QED) is 0.558. The summed E-state index contributed by atoms with van der Waals surface area (Å²) < 4.78 is 4.66. The van der Waals surface area contributed by atoms with E-state index in [4.69, 9.17) is 0 Å². The van der Waals surface area contributed by atoms with E-state index >= 15 is 0 Å². The van der Waals surface area contributed by atoms with Gasteiger partial charge in [-0.1, -0.05) is 45.6 Å². The Labute approximate surface area is 155 Å². The molecule has 0 N–H and O–H groups in total. The zero-order valence-electron chi connectivity index (χ0n) is 16.1. The zero-order valence-corrected chi connectivity index (χ0v) is 16.1. The van der Waals surface area contributed by atoms with Gasteiger partial charge in [0.1, 0.15) is 5.69 Å². The molecule has 1 aliphatic carbocycles. The maximum Gasteiger partial charge on any atom is 0.356 e. The second-order valence-corrected chi connectivity index (χ2v) is 8.20. The summed E-state index contributed by atoms with van der Waals surface area (Å²) >= 11 is 0. The molecule has 3 nitrogen and oxygen atoms in total. The van der Waals surface area contributed by atoms with Crippen molar-refractivity contribution in [2.45, 2.75) is 51.4 Å². The summed E-state index contributed by atoms with van der Waals surface area (Å²) in [6, 6.07) is 10.00. The van der Waals surface area contributed by atoms with Crippen LogP contribution in [0.4, 0.5) is 0 Å². The van der Waals surface area contributed by atoms with Crippen LogP contribution in [0.3, 0.4) is 0 Å². The topological polar surface area (TPSA) is 39.2 Å². The first-order chi connectivity index (χ1) is 12.2. The predicted molar refractivity (Wildman–Crippen MR) is 103 cm³/mol. The lowest BCUT2D eigenvalue weighted by Gasteiger charge is -2.41. The molecule has 0 unspecified atom stereocenters. The Balaban J connectivity index is 1.91. The maximum absolute atomic E-state index is 11.4. The molecule has 0 radical (unpaired) electrons. The van der Waals surface area contributed by atoms with Crippen LogP contribution in [0.15, 0.2) is 36.5 Å². The highest BCUT2D eigenvalue weighted by atomic mass is 16.5. The van der Waals surface area contributed by atoms with Crippen molar-refractivity contribution in [3.63, 3.8) is 0 Å². The standard InChI is InChI=1S/C23H25NO2/c1-22(2)12-13-23(3,4)19-14-16(8-10-18(19)22)6-7-17-9-11-20(24-15-17)21(25)26-5/h8-11,14-15H,12-13H2,1-5H3. The van der Waals surface area contributed by atoms with Gasteiger partial charge in [-0.2, -0.15) is 0 Å². The van der Waals surface area contributed by atoms with E-state index in [-0.39, 0.29) is 16.5 Å². The number of carbonyl (C=O) groups excluding carboxylic acids is 1. The molecule has 0 amide bonds. The number of esters is 1. The smallest absolute Gasteiger partial charge is 0.356 e. The summed E-state index contributed by atoms with van der Waals surface area (Å²) in [5, 5.41) is 0. The van der Waals surface area contributed by atoms with Gasteiger partial charge in [0.2, 0.25) is 0 Å². The van der Waals surface area contributed by atoms with E-state index in [0.717, 1.165) is 11.1 Å². The summed E-state index contributed by atoms with van der Waals surface area (Å²) in [5.41, 5.74) is 5.29. The van der Waals surface area contributed by atoms with E-state index in [1.807, 2.05) is 0 Å². The molecule has 0 saturated heterocycles. The van der Waals surface area contributed by atoms with E-state index in [0.29, 0.717) is 0 Å². The number of hydrogen-bond acceptors (Lipinski definition) is 3. The van der Waals surface area contributed by atoms with Gasteiger partial charge in [-0.3, -0.25) is 0 Å². The molecule has 0 spiro atoms. The predicted octanol–water partition coefficient (Wildman–Crippen LogP) is 4.62. The number of aromatic nitrogens is 1. The second-order valence-electron chi connectivity index (χ2n) is 8.20. The minimum atomic E-state index is -0.441. The highest BCUT2D eigenvalue weighted by Gasteiger charge is 2.36. The largest absolute Gasteiger partial charge is 0.464 e. The first kappa shape index (κ1) is 18.2. The molecule has 1 aromatic heterocycles. The van der Waals surface area contributed by atoms with Crippen LogP contribution in [0.25, 0.3) is 0 Å². The number of benzene rings is 1. The van der Waals surface area contributed by atoms with Gasteiger partial charge in [-0.25, -0.2) is 9.78 Å². The van der Waals surface area contributed by atoms with E-state index in [1.165, 1.54) is 31.1 Å². The third-order valence-corrected chi connectivity index (χ3v) is 5.36. The molecule has 0 aliphatic heterocycles. The van der Waals surface area contributed by atoms with Crippen molar-refractivity contribution >= 4 is 5.97 Å². The lowest BCUT2D eigenvalue weighted by molar-refractivity contribution is 0.0594. The Morgan fingerprint density at radius 2 is 1.58 bits per heavy atom. The van der Waals surface area contributed by atoms with Crippen LogP contribution >= 0.6 is 0 Å². The first-order valence-electron chi connectivity index (χ1n) is 8.94. The molecule has 0 atom stereocenters. The average Bonchev–Trinajstić information content (AvgIpc) is 2.63. The molecule has 134 valence electrons. The summed E-state index contributed by atoms with van der Waals surface area (Å²) in [4.78, 5) is 15.5. The number of hydrogen-bond donors (Lipinski definition) is 0. The third kappa shape index (κ3) is 3.51. The van der Waals surface area contributed by atoms with Crippen LogP contribution in [-0.2, 0) is 15.6 Å². The van der Waals surface area contributed by atoms with Crippen LogP contribution < -0.4 is 0 Å². The average molecular weight is 347 g/mol. The molecule has 0 bridgehead atoms. The van der Waals surface area contributed by atoms with Crippen LogP contribution in [0.5, 0.6) is 0 Å². The monoisotopic (exact) mass is 347 g/mol. The van der Waals surface area contributed by atoms with E-state index in [1.54, 1.807) is 18.3 Å². The van der Waals surface area contributed by atoms with Gasteiger partial charge in [0.05, 0.1) is 7.11 Å². The molecule has 2 aromatic rings. The van der Waals surface area contributed by atoms with Crippen molar-refractivity contribution in [1.82, 2.24) is 4.98 Å². The van der Waals surface area contributed by atoms with Crippen LogP contribution in [0, 0.1) is 11.8 Å². The summed E-state index contributed by atoms with van der Waals surface area (Å²) in [5.74, 6) is 5.93. The number of rotatable bonds is 1. The summed E-state index contributed by atoms with van der Waals surface area (Å²) in [6.45, 7) is 9.27. The molecule has 1 aromatic carbocycles. The highest BCUT2D eigenvalue weighted by Crippen LogP contribution is 2.45. The fraction of sp³-hybridized carbons (Fsp3) is 0.391. The molecular weight excluding hydrogens is 322 g/mol. The van der Waals surface area contributed by atoms with Crippen molar-refractivity contribution < 1.29 is 9.53 Å². The Hall–Kier alpha value is -2.60. The SMILES string of the molecule is COC(=O)c1ccc(C#Cc2ccc3c(c2)C(C)(C)CCC3(C)C)cn1. The second kappa shape index (κ2) is 6.61. The van der Waals surface area contributed by atoms with Gasteiger partial charge in [0.25, 0.3) is 0 Å². The molecule has 1 heterocycles. The van der Waals surface area contributed by atoms with Crippen LogP contribution in [0.1, 0.15) is 73.3 Å². The third-order valence-electron chi connectivity index (χ3n) is 5.36. The minimum absolute atomic E-state index is 0.173. The molecule has 26 heavy (non-hydrogen) atoms. The Morgan fingerprint density at radius 1 is 0.962 bits per heavy atom. The van der Waals surface area contributed by atoms with E-state index in [2.05, 4.69) is 67.5 Å². The van der Waals surface area contributed by atoms with Gasteiger partial charge in [-0.15, -0.1) is 0 Å². The van der Waals surface area contributed by atoms with Crippen LogP contribution in [-0.4, -0.2) is 18.1 Å². The number of pyridine rings is 1. The molecular formula is C23H25NO2. The summed E-state index contributed by atoms with van der Waals surface area (Å²) in [6.07, 6.45) is 3.99. The fourth-order valence-electron chi connectivity index (χ4n) is 3.50. The molecule has 3 heteroatoms. The fourth-order valence-corrected chi connectivity index (χ4v) is 3.50. The van der Waals surface area contributed by atoms with Crippen LogP contribution in [0.2, 0.25) is 0 Å². The highest BCUT2D eigenvalue weighted by molar-refractivity contribution is 5.87. The van der Waals surface area contributed by atoms with Crippen molar-refractivity contribution in [2.75, 3.05) is 7.11 Å². The lowest BCUT2D eigenvalue weighted by Crippen LogP contribution is -2.33. The number of ether oxygens (including phenoxy) is 1. The number of nitrogens with zero attached hydrogens (tertiary/aromatic N) is 1. The van der Waals surface area contributed by atoms with Gasteiger partial charge >= 0.3 is 5.97 Å². The molecule has 1 aliphatic rings. The van der Waals surface area contributed by atoms with Crippen molar-refractivity contribution in [3.05, 3.63) is 64.5 Å². The number of carbonyl (C=O) groups is 1. The molecule has 0 saturated carbocycles.